The highest BCUT2D eigenvalue weighted by Crippen LogP contribution is 2.32. The third kappa shape index (κ3) is 4.13. The number of esters is 1. The molecular formula is C19H22N2O7. The summed E-state index contributed by atoms with van der Waals surface area (Å²) in [5.41, 5.74) is 1.32. The van der Waals surface area contributed by atoms with Crippen LogP contribution in [0.2, 0.25) is 0 Å². The van der Waals surface area contributed by atoms with E-state index >= 15 is 0 Å². The molecule has 1 aromatic carbocycles. The first-order valence-corrected chi connectivity index (χ1v) is 8.60. The Morgan fingerprint density at radius 2 is 1.93 bits per heavy atom. The summed E-state index contributed by atoms with van der Waals surface area (Å²) in [5, 5.41) is 11.0. The number of ketones is 1. The van der Waals surface area contributed by atoms with Gasteiger partial charge in [0.1, 0.15) is 0 Å². The third-order valence-corrected chi connectivity index (χ3v) is 4.19. The molecule has 9 nitrogen and oxygen atoms in total. The number of nitrogens with one attached hydrogen (secondary N) is 1. The van der Waals surface area contributed by atoms with Gasteiger partial charge in [-0.1, -0.05) is 0 Å². The number of ether oxygens (including phenoxy) is 3. The first kappa shape index (κ1) is 20.9. The van der Waals surface area contributed by atoms with Gasteiger partial charge in [0.05, 0.1) is 36.0 Å². The average molecular weight is 390 g/mol. The van der Waals surface area contributed by atoms with Gasteiger partial charge in [-0.25, -0.2) is 4.79 Å². The van der Waals surface area contributed by atoms with E-state index in [0.717, 1.165) is 0 Å². The molecule has 150 valence electrons. The van der Waals surface area contributed by atoms with Crippen molar-refractivity contribution in [2.75, 3.05) is 13.7 Å². The number of aryl methyl sites for hydroxylation is 1. The molecule has 9 heteroatoms. The van der Waals surface area contributed by atoms with E-state index in [9.17, 15) is 19.7 Å². The van der Waals surface area contributed by atoms with Gasteiger partial charge >= 0.3 is 5.97 Å². The number of carbonyl (C=O) groups is 2. The zero-order valence-electron chi connectivity index (χ0n) is 16.3. The molecule has 2 rings (SSSR count). The molecule has 0 amide bonds. The molecule has 1 atom stereocenters. The summed E-state index contributed by atoms with van der Waals surface area (Å²) in [6, 6.07) is 3.87. The van der Waals surface area contributed by atoms with Gasteiger partial charge in [0, 0.05) is 11.8 Å². The fourth-order valence-electron chi connectivity index (χ4n) is 2.82. The van der Waals surface area contributed by atoms with Crippen molar-refractivity contribution in [2.24, 2.45) is 0 Å². The number of nitro benzene ring substituents is 1. The van der Waals surface area contributed by atoms with Gasteiger partial charge in [0.2, 0.25) is 5.78 Å². The van der Waals surface area contributed by atoms with Crippen LogP contribution in [0.15, 0.2) is 18.2 Å². The number of hydrogen-bond donors (Lipinski definition) is 1. The highest BCUT2D eigenvalue weighted by atomic mass is 16.6. The number of methoxy groups -OCH3 is 1. The van der Waals surface area contributed by atoms with Crippen molar-refractivity contribution in [3.05, 3.63) is 50.8 Å². The number of benzene rings is 1. The molecule has 2 aromatic rings. The number of aromatic amines is 1. The van der Waals surface area contributed by atoms with Crippen molar-refractivity contribution < 1.29 is 28.7 Å². The topological polar surface area (TPSA) is 121 Å². The molecule has 0 unspecified atom stereocenters. The molecule has 1 aromatic heterocycles. The predicted octanol–water partition coefficient (Wildman–Crippen LogP) is 3.38. The first-order chi connectivity index (χ1) is 13.2. The van der Waals surface area contributed by atoms with E-state index in [1.165, 1.54) is 32.2 Å². The van der Waals surface area contributed by atoms with E-state index in [2.05, 4.69) is 4.98 Å². The zero-order valence-corrected chi connectivity index (χ0v) is 16.3. The maximum absolute atomic E-state index is 12.9. The monoisotopic (exact) mass is 390 g/mol. The molecule has 1 N–H and O–H groups in total. The van der Waals surface area contributed by atoms with Crippen LogP contribution in [-0.2, 0) is 4.74 Å². The molecule has 0 radical (unpaired) electrons. The second-order valence-electron chi connectivity index (χ2n) is 6.06. The average Bonchev–Trinajstić information content (AvgIpc) is 2.95. The number of aromatic nitrogens is 1. The van der Waals surface area contributed by atoms with Crippen LogP contribution in [0.4, 0.5) is 5.69 Å². The standard InChI is InChI=1S/C19H22N2O7/c1-6-27-19(23)16-10(2)17(20-11(16)3)18(22)12(4)28-15-9-13(21(24)25)7-8-14(15)26-5/h7-9,12,20H,6H2,1-5H3/t12-/m0/s1. The smallest absolute Gasteiger partial charge is 0.340 e. The molecule has 0 aliphatic carbocycles. The van der Waals surface area contributed by atoms with Gasteiger partial charge in [-0.2, -0.15) is 0 Å². The number of H-pyrrole nitrogens is 1. The van der Waals surface area contributed by atoms with Crippen LogP contribution < -0.4 is 9.47 Å². The third-order valence-electron chi connectivity index (χ3n) is 4.19. The van der Waals surface area contributed by atoms with Gasteiger partial charge in [-0.15, -0.1) is 0 Å². The summed E-state index contributed by atoms with van der Waals surface area (Å²) in [5.74, 6) is -0.590. The number of nitro groups is 1. The highest BCUT2D eigenvalue weighted by Gasteiger charge is 2.27. The van der Waals surface area contributed by atoms with E-state index in [4.69, 9.17) is 14.2 Å². The zero-order chi connectivity index (χ0) is 21.0. The normalized spacial score (nSPS) is 11.6. The number of non-ortho nitro benzene ring substituents is 1. The number of nitrogens with zero attached hydrogens (tertiary/aromatic N) is 1. The Hall–Kier alpha value is -3.36. The van der Waals surface area contributed by atoms with Crippen LogP contribution in [0.1, 0.15) is 46.0 Å². The molecule has 0 saturated heterocycles. The van der Waals surface area contributed by atoms with Crippen LogP contribution in [0, 0.1) is 24.0 Å². The van der Waals surface area contributed by atoms with Crippen molar-refractivity contribution in [1.29, 1.82) is 0 Å². The Balaban J connectivity index is 2.31. The minimum Gasteiger partial charge on any atom is -0.493 e. The van der Waals surface area contributed by atoms with Crippen LogP contribution >= 0.6 is 0 Å². The fraction of sp³-hybridized carbons (Fsp3) is 0.368. The minimum absolute atomic E-state index is 0.0732. The van der Waals surface area contributed by atoms with Crippen molar-refractivity contribution >= 4 is 17.4 Å². The lowest BCUT2D eigenvalue weighted by atomic mass is 10.1. The fourth-order valence-corrected chi connectivity index (χ4v) is 2.82. The van der Waals surface area contributed by atoms with Crippen LogP contribution in [0.3, 0.4) is 0 Å². The summed E-state index contributed by atoms with van der Waals surface area (Å²) in [6.07, 6.45) is -0.984. The Morgan fingerprint density at radius 1 is 1.25 bits per heavy atom. The van der Waals surface area contributed by atoms with Gasteiger partial charge in [-0.3, -0.25) is 14.9 Å². The lowest BCUT2D eigenvalue weighted by molar-refractivity contribution is -0.385. The van der Waals surface area contributed by atoms with E-state index in [-0.39, 0.29) is 29.5 Å². The molecule has 0 saturated carbocycles. The lowest BCUT2D eigenvalue weighted by Gasteiger charge is -2.16. The molecule has 28 heavy (non-hydrogen) atoms. The summed E-state index contributed by atoms with van der Waals surface area (Å²) in [6.45, 7) is 6.75. The molecule has 0 aliphatic heterocycles. The number of rotatable bonds is 8. The number of carbonyl (C=O) groups excluding carboxylic acids is 2. The Labute approximate surface area is 161 Å². The minimum atomic E-state index is -0.984. The second-order valence-corrected chi connectivity index (χ2v) is 6.06. The van der Waals surface area contributed by atoms with E-state index in [1.54, 1.807) is 20.8 Å². The Bertz CT molecular complexity index is 917. The van der Waals surface area contributed by atoms with E-state index in [0.29, 0.717) is 16.8 Å². The summed E-state index contributed by atoms with van der Waals surface area (Å²) in [4.78, 5) is 38.3. The second kappa shape index (κ2) is 8.55. The van der Waals surface area contributed by atoms with Gasteiger partial charge in [0.15, 0.2) is 17.6 Å². The molecule has 0 fully saturated rings. The van der Waals surface area contributed by atoms with Gasteiger partial charge < -0.3 is 19.2 Å². The SMILES string of the molecule is CCOC(=O)c1c(C)[nH]c(C(=O)[C@H](C)Oc2cc([N+](=O)[O-])ccc2OC)c1C. The predicted molar refractivity (Wildman–Crippen MR) is 100 cm³/mol. The van der Waals surface area contributed by atoms with E-state index in [1.807, 2.05) is 0 Å². The lowest BCUT2D eigenvalue weighted by Crippen LogP contribution is -2.25. The van der Waals surface area contributed by atoms with E-state index < -0.39 is 22.8 Å². The summed E-state index contributed by atoms with van der Waals surface area (Å²) in [7, 11) is 1.39. The van der Waals surface area contributed by atoms with Gasteiger partial charge in [0.25, 0.3) is 5.69 Å². The molecular weight excluding hydrogens is 368 g/mol. The largest absolute Gasteiger partial charge is 0.493 e. The van der Waals surface area contributed by atoms with Crippen LogP contribution in [-0.4, -0.2) is 41.5 Å². The molecule has 0 spiro atoms. The van der Waals surface area contributed by atoms with Crippen molar-refractivity contribution in [1.82, 2.24) is 4.98 Å². The number of Topliss-reactive ketones (excluding diaryl/α,β-unsaturated/α-hetero) is 1. The highest BCUT2D eigenvalue weighted by molar-refractivity contribution is 6.03. The number of hydrogen-bond acceptors (Lipinski definition) is 7. The van der Waals surface area contributed by atoms with Gasteiger partial charge in [-0.05, 0) is 39.3 Å². The summed E-state index contributed by atoms with van der Waals surface area (Å²) < 4.78 is 15.8. The molecule has 0 bridgehead atoms. The Kier molecular flexibility index (Phi) is 6.40. The van der Waals surface area contributed by atoms with Crippen LogP contribution in [0.25, 0.3) is 0 Å². The molecule has 1 heterocycles. The van der Waals surface area contributed by atoms with Crippen LogP contribution in [0.5, 0.6) is 11.5 Å². The first-order valence-electron chi connectivity index (χ1n) is 8.60. The molecule has 0 aliphatic rings. The maximum Gasteiger partial charge on any atom is 0.340 e. The van der Waals surface area contributed by atoms with Crippen molar-refractivity contribution in [2.45, 2.75) is 33.8 Å². The van der Waals surface area contributed by atoms with Crippen molar-refractivity contribution in [3.63, 3.8) is 0 Å². The van der Waals surface area contributed by atoms with Crippen molar-refractivity contribution in [3.8, 4) is 11.5 Å². The summed E-state index contributed by atoms with van der Waals surface area (Å²) >= 11 is 0. The maximum atomic E-state index is 12.9. The Morgan fingerprint density at radius 3 is 2.50 bits per heavy atom. The quantitative estimate of drug-likeness (QED) is 0.317.